The van der Waals surface area contributed by atoms with Gasteiger partial charge in [0.15, 0.2) is 0 Å². The van der Waals surface area contributed by atoms with Gasteiger partial charge in [-0.05, 0) is 38.1 Å². The molecule has 0 saturated heterocycles. The average molecular weight is 344 g/mol. The minimum absolute atomic E-state index is 0.00280. The predicted molar refractivity (Wildman–Crippen MR) is 90.4 cm³/mol. The monoisotopic (exact) mass is 344 g/mol. The van der Waals surface area contributed by atoms with Gasteiger partial charge in [0.2, 0.25) is 5.89 Å². The van der Waals surface area contributed by atoms with E-state index in [9.17, 15) is 9.59 Å². The van der Waals surface area contributed by atoms with Gasteiger partial charge in [-0.25, -0.2) is 9.78 Å². The first-order valence-corrected chi connectivity index (χ1v) is 8.11. The normalized spacial score (nSPS) is 10.8. The van der Waals surface area contributed by atoms with Crippen molar-refractivity contribution in [2.75, 3.05) is 7.11 Å². The average Bonchev–Trinajstić information content (AvgIpc) is 3.15. The summed E-state index contributed by atoms with van der Waals surface area (Å²) in [7, 11) is 1.34. The summed E-state index contributed by atoms with van der Waals surface area (Å²) in [5, 5.41) is 0. The van der Waals surface area contributed by atoms with Crippen LogP contribution in [0.15, 0.2) is 39.7 Å². The minimum atomic E-state index is -0.391. The van der Waals surface area contributed by atoms with Gasteiger partial charge in [-0.1, -0.05) is 11.3 Å². The first kappa shape index (κ1) is 16.2. The van der Waals surface area contributed by atoms with Gasteiger partial charge < -0.3 is 9.15 Å². The number of thiazole rings is 1. The molecule has 0 unspecified atom stereocenters. The second kappa shape index (κ2) is 6.45. The Balaban J connectivity index is 1.83. The van der Waals surface area contributed by atoms with E-state index in [-0.39, 0.29) is 4.87 Å². The summed E-state index contributed by atoms with van der Waals surface area (Å²) in [4.78, 5) is 28.8. The Hall–Kier alpha value is -2.67. The zero-order chi connectivity index (χ0) is 17.3. The van der Waals surface area contributed by atoms with E-state index in [1.807, 2.05) is 13.8 Å². The maximum absolute atomic E-state index is 12.0. The minimum Gasteiger partial charge on any atom is -0.465 e. The third-order valence-electron chi connectivity index (χ3n) is 3.80. The summed E-state index contributed by atoms with van der Waals surface area (Å²) in [5.74, 6) is 0.0522. The molecule has 0 bridgehead atoms. The van der Waals surface area contributed by atoms with Crippen LogP contribution in [0.25, 0.3) is 11.5 Å². The first-order valence-electron chi connectivity index (χ1n) is 7.29. The maximum Gasteiger partial charge on any atom is 0.337 e. The SMILES string of the molecule is COC(=O)c1ccc(-c2nc(Cn3c(C)c(C)sc3=O)co2)cc1. The molecule has 124 valence electrons. The third-order valence-corrected chi connectivity index (χ3v) is 4.80. The Morgan fingerprint density at radius 3 is 2.58 bits per heavy atom. The zero-order valence-corrected chi connectivity index (χ0v) is 14.3. The van der Waals surface area contributed by atoms with Gasteiger partial charge in [-0.3, -0.25) is 9.36 Å². The third kappa shape index (κ3) is 3.03. The number of aromatic nitrogens is 2. The van der Waals surface area contributed by atoms with Crippen LogP contribution in [0.5, 0.6) is 0 Å². The maximum atomic E-state index is 12.0. The largest absolute Gasteiger partial charge is 0.465 e. The Morgan fingerprint density at radius 1 is 1.29 bits per heavy atom. The molecule has 0 radical (unpaired) electrons. The van der Waals surface area contributed by atoms with E-state index >= 15 is 0 Å². The molecule has 2 aromatic heterocycles. The van der Waals surface area contributed by atoms with Crippen LogP contribution in [0.1, 0.15) is 26.6 Å². The number of methoxy groups -OCH3 is 1. The van der Waals surface area contributed by atoms with E-state index in [2.05, 4.69) is 9.72 Å². The predicted octanol–water partition coefficient (Wildman–Crippen LogP) is 3.02. The standard InChI is InChI=1S/C17H16N2O4S/c1-10-11(2)24-17(21)19(10)8-14-9-23-15(18-14)12-4-6-13(7-5-12)16(20)22-3/h4-7,9H,8H2,1-3H3. The summed E-state index contributed by atoms with van der Waals surface area (Å²) in [6.07, 6.45) is 1.54. The summed E-state index contributed by atoms with van der Waals surface area (Å²) in [6, 6.07) is 6.80. The molecule has 0 amide bonds. The van der Waals surface area contributed by atoms with E-state index < -0.39 is 5.97 Å². The molecular weight excluding hydrogens is 328 g/mol. The number of hydrogen-bond donors (Lipinski definition) is 0. The van der Waals surface area contributed by atoms with E-state index in [0.717, 1.165) is 16.1 Å². The molecule has 24 heavy (non-hydrogen) atoms. The fourth-order valence-corrected chi connectivity index (χ4v) is 3.14. The van der Waals surface area contributed by atoms with Crippen molar-refractivity contribution >= 4 is 17.3 Å². The van der Waals surface area contributed by atoms with Crippen LogP contribution >= 0.6 is 11.3 Å². The smallest absolute Gasteiger partial charge is 0.337 e. The second-order valence-corrected chi connectivity index (χ2v) is 6.47. The molecule has 3 rings (SSSR count). The van der Waals surface area contributed by atoms with Gasteiger partial charge in [-0.15, -0.1) is 0 Å². The van der Waals surface area contributed by atoms with Crippen molar-refractivity contribution in [3.63, 3.8) is 0 Å². The van der Waals surface area contributed by atoms with Crippen LogP contribution in [0.4, 0.5) is 0 Å². The summed E-state index contributed by atoms with van der Waals surface area (Å²) >= 11 is 1.23. The number of carbonyl (C=O) groups excluding carboxylic acids is 1. The molecule has 3 aromatic rings. The van der Waals surface area contributed by atoms with E-state index in [1.54, 1.807) is 35.1 Å². The number of hydrogen-bond acceptors (Lipinski definition) is 6. The lowest BCUT2D eigenvalue weighted by Crippen LogP contribution is -2.15. The van der Waals surface area contributed by atoms with Gasteiger partial charge >= 0.3 is 10.8 Å². The lowest BCUT2D eigenvalue weighted by atomic mass is 10.1. The number of benzene rings is 1. The van der Waals surface area contributed by atoms with Crippen LogP contribution in [-0.4, -0.2) is 22.6 Å². The molecule has 6 nitrogen and oxygen atoms in total. The highest BCUT2D eigenvalue weighted by Crippen LogP contribution is 2.20. The Kier molecular flexibility index (Phi) is 4.35. The van der Waals surface area contributed by atoms with E-state index in [1.165, 1.54) is 18.4 Å². The van der Waals surface area contributed by atoms with Crippen molar-refractivity contribution in [3.8, 4) is 11.5 Å². The number of aryl methyl sites for hydroxylation is 1. The van der Waals surface area contributed by atoms with Crippen molar-refractivity contribution < 1.29 is 13.9 Å². The highest BCUT2D eigenvalue weighted by molar-refractivity contribution is 7.09. The fraction of sp³-hybridized carbons (Fsp3) is 0.235. The molecule has 0 atom stereocenters. The number of oxazole rings is 1. The molecule has 0 saturated carbocycles. The Bertz CT molecular complexity index is 934. The number of nitrogens with zero attached hydrogens (tertiary/aromatic N) is 2. The molecular formula is C17H16N2O4S. The zero-order valence-electron chi connectivity index (χ0n) is 13.5. The van der Waals surface area contributed by atoms with Crippen LogP contribution in [-0.2, 0) is 11.3 Å². The highest BCUT2D eigenvalue weighted by Gasteiger charge is 2.12. The van der Waals surface area contributed by atoms with Crippen molar-refractivity contribution in [1.82, 2.24) is 9.55 Å². The number of esters is 1. The van der Waals surface area contributed by atoms with Crippen molar-refractivity contribution in [2.24, 2.45) is 0 Å². The van der Waals surface area contributed by atoms with Crippen LogP contribution < -0.4 is 4.87 Å². The number of carbonyl (C=O) groups is 1. The van der Waals surface area contributed by atoms with Gasteiger partial charge in [0.1, 0.15) is 6.26 Å². The lowest BCUT2D eigenvalue weighted by molar-refractivity contribution is 0.0600. The summed E-state index contributed by atoms with van der Waals surface area (Å²) in [5.41, 5.74) is 2.82. The van der Waals surface area contributed by atoms with Gasteiger partial charge in [0.25, 0.3) is 0 Å². The van der Waals surface area contributed by atoms with Crippen LogP contribution in [0.3, 0.4) is 0 Å². The summed E-state index contributed by atoms with van der Waals surface area (Å²) in [6.45, 7) is 4.22. The molecule has 0 aliphatic carbocycles. The molecule has 0 aliphatic rings. The second-order valence-electron chi connectivity index (χ2n) is 5.31. The van der Waals surface area contributed by atoms with Crippen LogP contribution in [0.2, 0.25) is 0 Å². The molecule has 0 N–H and O–H groups in total. The van der Waals surface area contributed by atoms with E-state index in [0.29, 0.717) is 23.7 Å². The van der Waals surface area contributed by atoms with Crippen molar-refractivity contribution in [2.45, 2.75) is 20.4 Å². The van der Waals surface area contributed by atoms with Crippen molar-refractivity contribution in [3.05, 3.63) is 62.0 Å². The summed E-state index contributed by atoms with van der Waals surface area (Å²) < 4.78 is 11.8. The molecule has 7 heteroatoms. The van der Waals surface area contributed by atoms with Gasteiger partial charge in [-0.2, -0.15) is 0 Å². The molecule has 0 aliphatic heterocycles. The number of rotatable bonds is 4. The highest BCUT2D eigenvalue weighted by atomic mass is 32.1. The van der Waals surface area contributed by atoms with Crippen LogP contribution in [0, 0.1) is 13.8 Å². The van der Waals surface area contributed by atoms with Gasteiger partial charge in [0.05, 0.1) is 24.9 Å². The lowest BCUT2D eigenvalue weighted by Gasteiger charge is -2.01. The molecule has 0 spiro atoms. The fourth-order valence-electron chi connectivity index (χ4n) is 2.31. The first-order chi connectivity index (χ1) is 11.5. The Labute approximate surface area is 142 Å². The number of ether oxygens (including phenoxy) is 1. The quantitative estimate of drug-likeness (QED) is 0.680. The molecule has 2 heterocycles. The van der Waals surface area contributed by atoms with Crippen molar-refractivity contribution in [1.29, 1.82) is 0 Å². The molecule has 0 fully saturated rings. The van der Waals surface area contributed by atoms with Gasteiger partial charge in [0, 0.05) is 16.1 Å². The molecule has 1 aromatic carbocycles. The van der Waals surface area contributed by atoms with E-state index in [4.69, 9.17) is 4.42 Å². The topological polar surface area (TPSA) is 74.3 Å². The Morgan fingerprint density at radius 2 is 2.00 bits per heavy atom.